The molecule has 0 saturated heterocycles. The van der Waals surface area contributed by atoms with Gasteiger partial charge in [0.05, 0.1) is 50.1 Å². The van der Waals surface area contributed by atoms with Crippen molar-refractivity contribution in [2.45, 2.75) is 191 Å². The minimum Gasteiger partial charge on any atom is -0.444 e. The number of fused-ring (bicyclic) bond motifs is 2. The molecule has 0 saturated carbocycles. The Balaban J connectivity index is 0.000000196. The molecule has 0 fully saturated rings. The number of benzene rings is 6. The lowest BCUT2D eigenvalue weighted by molar-refractivity contribution is -0.114. The van der Waals surface area contributed by atoms with E-state index in [2.05, 4.69) is 143 Å². The second kappa shape index (κ2) is 43.0. The average molecular weight is 1710 g/mol. The number of hydrogen-bond donors (Lipinski definition) is 7. The van der Waals surface area contributed by atoms with Crippen molar-refractivity contribution in [3.05, 3.63) is 283 Å². The predicted molar refractivity (Wildman–Crippen MR) is 483 cm³/mol. The second-order valence-electron chi connectivity index (χ2n) is 32.0. The van der Waals surface area contributed by atoms with E-state index in [1.54, 1.807) is 24.3 Å². The van der Waals surface area contributed by atoms with Crippen LogP contribution in [-0.4, -0.2) is 117 Å². The summed E-state index contributed by atoms with van der Waals surface area (Å²) in [6, 6.07) is 53.0. The average Bonchev–Trinajstić information content (AvgIpc) is 1.63. The predicted octanol–water partition coefficient (Wildman–Crippen LogP) is 16.2. The highest BCUT2D eigenvalue weighted by atomic mass is 32.2. The van der Waals surface area contributed by atoms with Gasteiger partial charge in [-0.25, -0.2) is 37.5 Å². The van der Waals surface area contributed by atoms with Crippen LogP contribution < -0.4 is 37.5 Å². The molecule has 9 N–H and O–H groups in total. The van der Waals surface area contributed by atoms with E-state index in [0.717, 1.165) is 173 Å². The number of anilines is 2. The zero-order valence-corrected chi connectivity index (χ0v) is 75.4. The van der Waals surface area contributed by atoms with Crippen LogP contribution in [0.1, 0.15) is 161 Å². The van der Waals surface area contributed by atoms with Gasteiger partial charge >= 0.3 is 34.6 Å². The van der Waals surface area contributed by atoms with Crippen LogP contribution in [0.2, 0.25) is 0 Å². The summed E-state index contributed by atoms with van der Waals surface area (Å²) < 4.78 is 67.6. The van der Waals surface area contributed by atoms with E-state index in [0.29, 0.717) is 39.0 Å². The number of carbonyl (C=O) groups excluding carboxylic acids is 4. The topological polar surface area (TPSA) is 387 Å². The third kappa shape index (κ3) is 29.2. The van der Waals surface area contributed by atoms with E-state index in [1.165, 1.54) is 47.9 Å². The number of aryl methyl sites for hydroxylation is 12. The van der Waals surface area contributed by atoms with E-state index >= 15 is 0 Å². The summed E-state index contributed by atoms with van der Waals surface area (Å²) in [5.41, 5.74) is 36.9. The fourth-order valence-corrected chi connectivity index (χ4v) is 14.9. The number of ether oxygens (including phenoxy) is 2. The Morgan fingerprint density at radius 1 is 0.447 bits per heavy atom. The molecule has 29 heteroatoms. The Kier molecular flexibility index (Phi) is 33.4. The number of urea groups is 1. The Hall–Kier alpha value is -12.9. The molecular weight excluding hydrogens is 1590 g/mol. The molecule has 12 aromatic rings. The van der Waals surface area contributed by atoms with Gasteiger partial charge in [0.25, 0.3) is 10.0 Å². The molecular formula is C94H114N16O11S2. The van der Waals surface area contributed by atoms with Crippen LogP contribution in [-0.2, 0) is 77.1 Å². The molecule has 6 aromatic carbocycles. The van der Waals surface area contributed by atoms with Crippen LogP contribution in [0, 0.1) is 94.6 Å². The van der Waals surface area contributed by atoms with Crippen LogP contribution in [0.4, 0.5) is 25.8 Å². The smallest absolute Gasteiger partial charge is 0.407 e. The molecule has 0 radical (unpaired) electrons. The van der Waals surface area contributed by atoms with Gasteiger partial charge in [-0.15, -0.1) is 5.26 Å². The molecule has 0 atom stereocenters. The summed E-state index contributed by atoms with van der Waals surface area (Å²) in [4.78, 5) is 74.2. The number of hydrogen-bond acceptors (Lipinski definition) is 20. The highest BCUT2D eigenvalue weighted by Gasteiger charge is 2.22. The molecule has 27 nitrogen and oxygen atoms in total. The lowest BCUT2D eigenvalue weighted by Gasteiger charge is -2.19. The van der Waals surface area contributed by atoms with Gasteiger partial charge in [0.1, 0.15) is 38.8 Å². The molecule has 648 valence electrons. The van der Waals surface area contributed by atoms with E-state index in [4.69, 9.17) is 26.2 Å². The van der Waals surface area contributed by atoms with Crippen LogP contribution >= 0.6 is 0 Å². The van der Waals surface area contributed by atoms with Gasteiger partial charge in [0, 0.05) is 60.7 Å². The number of rotatable bonds is 22. The number of amides is 5. The molecule has 12 rings (SSSR count). The van der Waals surface area contributed by atoms with Crippen molar-refractivity contribution in [3.8, 4) is 17.6 Å². The fourth-order valence-electron chi connectivity index (χ4n) is 13.3. The first-order valence-corrected chi connectivity index (χ1v) is 43.2. The van der Waals surface area contributed by atoms with Gasteiger partial charge in [0.15, 0.2) is 0 Å². The standard InChI is InChI=1S/C25H27N5O3S.C23H31N3O3.C21H29N3O2.C17H20N4.C8H7NO3S/c1-16-5-11-22(12-6-16)34(32,33)29-25(31)26-14-13-20-7-9-21(10-8-20)30-19(4)28-24-18(3)27-17(2)15-23(24)30;1-15-13-20(21(16(2)25-15)26-17(3)27)14-19-9-7-18(8-10-19)11-12-24-22(28)29-23(4,5)6;1-14-12-18(19(22)15(2)24-14)13-17-8-6-16(7-9-17)10-11-23-20(25)26-21(3,4)5;1-11-10-16-17(12(2)19-11)20-13(3)21(16)15-6-4-14(5-7-15)8-9-18;1-7-2-4-8(5-3-7)13(10,11)12-6-9/h5-12,15H,13-14H2,1-4H3,(H2,26,29,31);7-10,13H,11-12,14H2,1-6H3,(H,24,28)(H,26,27);6-9,12H,10-11,13,22H2,1-5H3,(H,23,25);4-7,10H,8-9,18H2,1-3H3;2-5H,1H3. The number of nitrogen functional groups attached to an aromatic ring is 1. The van der Waals surface area contributed by atoms with Crippen molar-refractivity contribution >= 4 is 77.7 Å². The highest BCUT2D eigenvalue weighted by Crippen LogP contribution is 2.29. The first-order chi connectivity index (χ1) is 58.0. The Morgan fingerprint density at radius 2 is 0.805 bits per heavy atom. The summed E-state index contributed by atoms with van der Waals surface area (Å²) in [5.74, 6) is 1.76. The summed E-state index contributed by atoms with van der Waals surface area (Å²) in [5, 5.41) is 19.1. The number of sulfonamides is 1. The van der Waals surface area contributed by atoms with Crippen LogP contribution in [0.3, 0.4) is 0 Å². The second-order valence-corrected chi connectivity index (χ2v) is 35.2. The van der Waals surface area contributed by atoms with Crippen molar-refractivity contribution < 1.29 is 49.7 Å². The molecule has 0 aliphatic rings. The maximum atomic E-state index is 12.3. The van der Waals surface area contributed by atoms with E-state index < -0.39 is 43.5 Å². The minimum atomic E-state index is -3.91. The van der Waals surface area contributed by atoms with Crippen molar-refractivity contribution in [1.29, 1.82) is 5.26 Å². The lowest BCUT2D eigenvalue weighted by Crippen LogP contribution is -2.40. The molecule has 0 unspecified atom stereocenters. The maximum absolute atomic E-state index is 12.3. The number of aromatic nitrogens is 8. The van der Waals surface area contributed by atoms with Crippen LogP contribution in [0.25, 0.3) is 33.4 Å². The number of nitriles is 1. The number of nitrogens with zero attached hydrogens (tertiary/aromatic N) is 9. The van der Waals surface area contributed by atoms with Crippen LogP contribution in [0.15, 0.2) is 180 Å². The van der Waals surface area contributed by atoms with Gasteiger partial charge in [-0.2, -0.15) is 8.42 Å². The van der Waals surface area contributed by atoms with Gasteiger partial charge in [-0.05, 0) is 287 Å². The molecule has 6 aromatic heterocycles. The first-order valence-electron chi connectivity index (χ1n) is 40.4. The van der Waals surface area contributed by atoms with Crippen molar-refractivity contribution in [2.24, 2.45) is 5.73 Å². The Bertz CT molecular complexity index is 5960. The van der Waals surface area contributed by atoms with Gasteiger partial charge in [-0.3, -0.25) is 38.0 Å². The molecule has 0 spiro atoms. The normalized spacial score (nSPS) is 11.2. The van der Waals surface area contributed by atoms with Crippen molar-refractivity contribution in [3.63, 3.8) is 0 Å². The quantitative estimate of drug-likeness (QED) is 0.0245. The molecule has 6 heterocycles. The molecule has 0 bridgehead atoms. The van der Waals surface area contributed by atoms with E-state index in [1.807, 2.05) is 172 Å². The number of imidazole rings is 2. The van der Waals surface area contributed by atoms with Crippen molar-refractivity contribution in [2.75, 3.05) is 37.2 Å². The van der Waals surface area contributed by atoms with Crippen molar-refractivity contribution in [1.82, 2.24) is 59.7 Å². The largest absolute Gasteiger partial charge is 0.444 e. The summed E-state index contributed by atoms with van der Waals surface area (Å²) in [7, 11) is -7.79. The summed E-state index contributed by atoms with van der Waals surface area (Å²) in [6.45, 7) is 38.1. The highest BCUT2D eigenvalue weighted by molar-refractivity contribution is 7.90. The Labute approximate surface area is 722 Å². The molecule has 123 heavy (non-hydrogen) atoms. The SMILES string of the molecule is CC(=O)Nc1c(Cc2ccc(CCNC(=O)OC(C)(C)C)cc2)cc(C)nc1C.Cc1cc(Cc2ccc(CCNC(=O)OC(C)(C)C)cc2)c(N)c(C)n1.Cc1cc2c(nc(C)n2-c2ccc(CCN)cc2)c(C)n1.Cc1ccc(S(=O)(=O)NC(=O)NCCc2ccc(-n3c(C)nc4c(C)nc(C)cc43)cc2)cc1.Cc1ccc(S(=O)(=O)OC#N)cc1. The summed E-state index contributed by atoms with van der Waals surface area (Å²) in [6.07, 6.45) is 4.79. The number of nitrogens with two attached hydrogens (primary N) is 2. The molecule has 5 amide bonds. The first kappa shape index (κ1) is 95.6. The third-order valence-corrected chi connectivity index (χ3v) is 21.4. The van der Waals surface area contributed by atoms with Gasteiger partial charge in [0.2, 0.25) is 5.91 Å². The van der Waals surface area contributed by atoms with Gasteiger partial charge < -0.3 is 42.2 Å². The zero-order chi connectivity index (χ0) is 90.3. The van der Waals surface area contributed by atoms with E-state index in [9.17, 15) is 36.0 Å². The molecule has 0 aliphatic heterocycles. The number of carbonyl (C=O) groups is 4. The fraction of sp³-hybridized carbons (Fsp3) is 0.330. The monoisotopic (exact) mass is 1710 g/mol. The summed E-state index contributed by atoms with van der Waals surface area (Å²) >= 11 is 0. The maximum Gasteiger partial charge on any atom is 0.407 e. The number of alkyl carbamates (subject to hydrolysis) is 2. The Morgan fingerprint density at radius 3 is 1.21 bits per heavy atom. The molecule has 0 aliphatic carbocycles. The van der Waals surface area contributed by atoms with E-state index in [-0.39, 0.29) is 21.8 Å². The lowest BCUT2D eigenvalue weighted by atomic mass is 10.0. The number of nitrogens with one attached hydrogen (secondary N) is 5. The zero-order valence-electron chi connectivity index (χ0n) is 73.7. The third-order valence-electron chi connectivity index (χ3n) is 18.9. The minimum absolute atomic E-state index is 0.0142. The van der Waals surface area contributed by atoms with Gasteiger partial charge in [-0.1, -0.05) is 108 Å². The van der Waals surface area contributed by atoms with Crippen LogP contribution in [0.5, 0.6) is 0 Å². The number of pyridine rings is 4.